The highest BCUT2D eigenvalue weighted by Crippen LogP contribution is 2.28. The summed E-state index contributed by atoms with van der Waals surface area (Å²) >= 11 is 0. The van der Waals surface area contributed by atoms with Gasteiger partial charge in [-0.1, -0.05) is 48.5 Å². The zero-order chi connectivity index (χ0) is 19.9. The topological polar surface area (TPSA) is 71.2 Å². The number of pyridine rings is 1. The zero-order valence-corrected chi connectivity index (χ0v) is 15.6. The van der Waals surface area contributed by atoms with Gasteiger partial charge >= 0.3 is 0 Å². The Morgan fingerprint density at radius 3 is 2.54 bits per heavy atom. The van der Waals surface area contributed by atoms with E-state index in [0.717, 1.165) is 11.1 Å². The summed E-state index contributed by atoms with van der Waals surface area (Å²) in [4.78, 5) is 27.4. The van der Waals surface area contributed by atoms with Crippen molar-refractivity contribution in [2.45, 2.75) is 19.6 Å². The van der Waals surface area contributed by atoms with Crippen molar-refractivity contribution >= 4 is 5.91 Å². The number of carbonyl (C=O) groups is 1. The molecule has 142 valence electrons. The molecule has 0 saturated carbocycles. The highest BCUT2D eigenvalue weighted by Gasteiger charge is 2.14. The minimum Gasteiger partial charge on any atom is -0.488 e. The molecule has 0 spiro atoms. The molecule has 3 aromatic rings. The molecule has 1 heterocycles. The van der Waals surface area contributed by atoms with E-state index in [4.69, 9.17) is 4.74 Å². The van der Waals surface area contributed by atoms with Gasteiger partial charge in [-0.05, 0) is 36.8 Å². The SMILES string of the molecule is C=C[C@H](C)NC(=O)c1ccc(-c2ccccc2OCc2ccccc2)[nH]c1=O. The number of para-hydroxylation sites is 1. The van der Waals surface area contributed by atoms with Crippen LogP contribution in [-0.2, 0) is 6.61 Å². The van der Waals surface area contributed by atoms with E-state index in [9.17, 15) is 9.59 Å². The van der Waals surface area contributed by atoms with Gasteiger partial charge in [-0.2, -0.15) is 0 Å². The second kappa shape index (κ2) is 8.86. The highest BCUT2D eigenvalue weighted by molar-refractivity contribution is 5.94. The molecule has 0 unspecified atom stereocenters. The monoisotopic (exact) mass is 374 g/mol. The molecule has 0 saturated heterocycles. The van der Waals surface area contributed by atoms with Gasteiger partial charge in [-0.15, -0.1) is 6.58 Å². The number of nitrogens with one attached hydrogen (secondary N) is 2. The molecule has 5 nitrogen and oxygen atoms in total. The molecule has 0 radical (unpaired) electrons. The summed E-state index contributed by atoms with van der Waals surface area (Å²) in [6.45, 7) is 5.82. The van der Waals surface area contributed by atoms with Crippen molar-refractivity contribution in [1.29, 1.82) is 0 Å². The van der Waals surface area contributed by atoms with E-state index in [1.165, 1.54) is 6.07 Å². The van der Waals surface area contributed by atoms with Crippen molar-refractivity contribution in [3.63, 3.8) is 0 Å². The van der Waals surface area contributed by atoms with Gasteiger partial charge in [-0.3, -0.25) is 9.59 Å². The lowest BCUT2D eigenvalue weighted by Crippen LogP contribution is -2.34. The first-order valence-electron chi connectivity index (χ1n) is 9.01. The number of hydrogen-bond acceptors (Lipinski definition) is 3. The predicted molar refractivity (Wildman–Crippen MR) is 110 cm³/mol. The van der Waals surface area contributed by atoms with Crippen molar-refractivity contribution < 1.29 is 9.53 Å². The van der Waals surface area contributed by atoms with E-state index < -0.39 is 11.5 Å². The lowest BCUT2D eigenvalue weighted by Gasteiger charge is -2.12. The first-order chi connectivity index (χ1) is 13.6. The molecule has 0 aliphatic rings. The van der Waals surface area contributed by atoms with Gasteiger partial charge < -0.3 is 15.0 Å². The van der Waals surface area contributed by atoms with E-state index >= 15 is 0 Å². The Kier molecular flexibility index (Phi) is 6.07. The minimum atomic E-state index is -0.455. The fourth-order valence-corrected chi connectivity index (χ4v) is 2.70. The first-order valence-corrected chi connectivity index (χ1v) is 9.01. The zero-order valence-electron chi connectivity index (χ0n) is 15.6. The molecule has 28 heavy (non-hydrogen) atoms. The Morgan fingerprint density at radius 2 is 1.82 bits per heavy atom. The molecule has 0 aliphatic carbocycles. The fraction of sp³-hybridized carbons (Fsp3) is 0.130. The molecular weight excluding hydrogens is 352 g/mol. The summed E-state index contributed by atoms with van der Waals surface area (Å²) in [6.07, 6.45) is 1.60. The average molecular weight is 374 g/mol. The van der Waals surface area contributed by atoms with Crippen LogP contribution in [0.3, 0.4) is 0 Å². The molecule has 0 aliphatic heterocycles. The number of aromatic amines is 1. The third-order valence-electron chi connectivity index (χ3n) is 4.28. The molecule has 3 rings (SSSR count). The summed E-state index contributed by atoms with van der Waals surface area (Å²) in [6, 6.07) is 20.3. The summed E-state index contributed by atoms with van der Waals surface area (Å²) in [5, 5.41) is 2.69. The summed E-state index contributed by atoms with van der Waals surface area (Å²) in [5.74, 6) is 0.216. The van der Waals surface area contributed by atoms with Crippen LogP contribution in [0, 0.1) is 0 Å². The van der Waals surface area contributed by atoms with Crippen molar-refractivity contribution in [2.24, 2.45) is 0 Å². The number of amides is 1. The smallest absolute Gasteiger partial charge is 0.261 e. The first kappa shape index (κ1) is 19.2. The van der Waals surface area contributed by atoms with E-state index in [-0.39, 0.29) is 11.6 Å². The Labute approximate surface area is 163 Å². The largest absolute Gasteiger partial charge is 0.488 e. The second-order valence-electron chi connectivity index (χ2n) is 6.38. The van der Waals surface area contributed by atoms with Gasteiger partial charge in [-0.25, -0.2) is 0 Å². The summed E-state index contributed by atoms with van der Waals surface area (Å²) < 4.78 is 5.95. The van der Waals surface area contributed by atoms with E-state index in [1.807, 2.05) is 54.6 Å². The fourth-order valence-electron chi connectivity index (χ4n) is 2.70. The number of hydrogen-bond donors (Lipinski definition) is 2. The second-order valence-corrected chi connectivity index (χ2v) is 6.38. The lowest BCUT2D eigenvalue weighted by atomic mass is 10.1. The van der Waals surface area contributed by atoms with E-state index in [0.29, 0.717) is 18.1 Å². The van der Waals surface area contributed by atoms with Crippen LogP contribution < -0.4 is 15.6 Å². The van der Waals surface area contributed by atoms with Gasteiger partial charge in [0.05, 0.1) is 5.69 Å². The molecular formula is C23H22N2O3. The predicted octanol–water partition coefficient (Wildman–Crippen LogP) is 3.93. The van der Waals surface area contributed by atoms with E-state index in [2.05, 4.69) is 16.9 Å². The van der Waals surface area contributed by atoms with Crippen LogP contribution in [0.25, 0.3) is 11.3 Å². The Hall–Kier alpha value is -3.60. The van der Waals surface area contributed by atoms with Crippen LogP contribution in [0.1, 0.15) is 22.8 Å². The quantitative estimate of drug-likeness (QED) is 0.616. The van der Waals surface area contributed by atoms with Crippen LogP contribution in [0.2, 0.25) is 0 Å². The molecule has 1 amide bonds. The number of benzene rings is 2. The number of aromatic nitrogens is 1. The summed E-state index contributed by atoms with van der Waals surface area (Å²) in [5.41, 5.74) is 1.99. The normalized spacial score (nSPS) is 11.5. The van der Waals surface area contributed by atoms with Crippen molar-refractivity contribution in [1.82, 2.24) is 10.3 Å². The van der Waals surface area contributed by atoms with Crippen molar-refractivity contribution in [2.75, 3.05) is 0 Å². The van der Waals surface area contributed by atoms with Crippen molar-refractivity contribution in [3.8, 4) is 17.0 Å². The molecule has 1 aromatic heterocycles. The van der Waals surface area contributed by atoms with Crippen LogP contribution in [-0.4, -0.2) is 16.9 Å². The summed E-state index contributed by atoms with van der Waals surface area (Å²) in [7, 11) is 0. The van der Waals surface area contributed by atoms with Crippen LogP contribution >= 0.6 is 0 Å². The Balaban J connectivity index is 1.84. The van der Waals surface area contributed by atoms with Crippen LogP contribution in [0.4, 0.5) is 0 Å². The maximum Gasteiger partial charge on any atom is 0.261 e. The third-order valence-corrected chi connectivity index (χ3v) is 4.28. The van der Waals surface area contributed by atoms with Gasteiger partial charge in [0, 0.05) is 11.6 Å². The molecule has 2 aromatic carbocycles. The number of carbonyl (C=O) groups excluding carboxylic acids is 1. The lowest BCUT2D eigenvalue weighted by molar-refractivity contribution is 0.0945. The van der Waals surface area contributed by atoms with Gasteiger partial charge in [0.25, 0.3) is 11.5 Å². The minimum absolute atomic E-state index is 0.0557. The third kappa shape index (κ3) is 4.57. The number of rotatable bonds is 7. The van der Waals surface area contributed by atoms with Gasteiger partial charge in [0.1, 0.15) is 17.9 Å². The van der Waals surface area contributed by atoms with E-state index in [1.54, 1.807) is 19.1 Å². The van der Waals surface area contributed by atoms with Crippen LogP contribution in [0.5, 0.6) is 5.75 Å². The molecule has 5 heteroatoms. The van der Waals surface area contributed by atoms with Gasteiger partial charge in [0.2, 0.25) is 0 Å². The van der Waals surface area contributed by atoms with Crippen molar-refractivity contribution in [3.05, 3.63) is 101 Å². The van der Waals surface area contributed by atoms with Crippen LogP contribution in [0.15, 0.2) is 84.2 Å². The molecule has 1 atom stereocenters. The maximum atomic E-state index is 12.4. The number of ether oxygens (including phenoxy) is 1. The highest BCUT2D eigenvalue weighted by atomic mass is 16.5. The van der Waals surface area contributed by atoms with Gasteiger partial charge in [0.15, 0.2) is 0 Å². The average Bonchev–Trinajstić information content (AvgIpc) is 2.73. The number of H-pyrrole nitrogens is 1. The Bertz CT molecular complexity index is 1030. The Morgan fingerprint density at radius 1 is 1.11 bits per heavy atom. The maximum absolute atomic E-state index is 12.4. The molecule has 0 bridgehead atoms. The molecule has 0 fully saturated rings. The molecule has 2 N–H and O–H groups in total. The standard InChI is InChI=1S/C23H22N2O3/c1-3-16(2)24-22(26)19-13-14-20(25-23(19)27)18-11-7-8-12-21(18)28-15-17-9-5-4-6-10-17/h3-14,16H,1,15H2,2H3,(H,24,26)(H,25,27)/t16-/m0/s1.